The predicted octanol–water partition coefficient (Wildman–Crippen LogP) is 3.19. The van der Waals surface area contributed by atoms with Crippen LogP contribution in [0, 0.1) is 0 Å². The SMILES string of the molecule is CN(CC1(O)CCC(n2cc(NC(=O)c3cnn4cccnc34)c(C(F)F)n2)CC1)C1CCN(c2cccc3c2n(C)c(=O)n3C2CCC(=O)NC2=O)CC1. The lowest BCUT2D eigenvalue weighted by Gasteiger charge is -2.43. The number of imide groups is 1. The first-order chi connectivity index (χ1) is 26.4. The molecule has 6 heterocycles. The number of nitrogens with zero attached hydrogens (tertiary/aromatic N) is 9. The van der Waals surface area contributed by atoms with Gasteiger partial charge in [0.1, 0.15) is 11.6 Å². The van der Waals surface area contributed by atoms with Gasteiger partial charge in [-0.2, -0.15) is 10.2 Å². The van der Waals surface area contributed by atoms with Crippen LogP contribution in [-0.4, -0.2) is 99.6 Å². The number of alkyl halides is 2. The molecule has 4 aromatic heterocycles. The number of aliphatic hydroxyl groups is 1. The highest BCUT2D eigenvalue weighted by Gasteiger charge is 2.38. The van der Waals surface area contributed by atoms with Gasteiger partial charge < -0.3 is 20.2 Å². The van der Waals surface area contributed by atoms with E-state index >= 15 is 0 Å². The normalized spacial score (nSPS) is 22.6. The number of piperidine rings is 2. The number of carbonyl (C=O) groups excluding carboxylic acids is 3. The molecule has 5 aromatic rings. The third kappa shape index (κ3) is 6.77. The fraction of sp³-hybridized carbons (Fsp3) is 0.486. The Morgan fingerprint density at radius 2 is 1.87 bits per heavy atom. The number of carbonyl (C=O) groups is 3. The number of hydrogen-bond donors (Lipinski definition) is 3. The van der Waals surface area contributed by atoms with Crippen molar-refractivity contribution in [2.75, 3.05) is 36.9 Å². The average Bonchev–Trinajstić information content (AvgIpc) is 3.86. The standard InChI is InChI=1S/C37H43F2N11O5/c1-45(22-11-17-47(18-12-22)26-5-3-6-27-31(26)46(2)36(54)50(27)28-7-8-29(51)43-35(28)53)21-37(55)13-9-23(10-14-37)49-20-25(30(44-49)32(38)39)42-34(52)24-19-41-48-16-4-15-40-33(24)48/h3-6,15-16,19-20,22-23,28,32,55H,7-14,17-18,21H2,1-2H3,(H,42,52)(H,43,51,53). The van der Waals surface area contributed by atoms with Crippen molar-refractivity contribution in [3.63, 3.8) is 0 Å². The molecule has 0 spiro atoms. The number of fused-ring (bicyclic) bond motifs is 2. The van der Waals surface area contributed by atoms with Crippen molar-refractivity contribution < 1.29 is 28.3 Å². The van der Waals surface area contributed by atoms with Crippen LogP contribution in [0.4, 0.5) is 20.2 Å². The summed E-state index contributed by atoms with van der Waals surface area (Å²) in [6.45, 7) is 1.91. The molecule has 0 radical (unpaired) electrons. The number of benzene rings is 1. The zero-order valence-corrected chi connectivity index (χ0v) is 30.6. The average molecular weight is 760 g/mol. The molecule has 1 unspecified atom stereocenters. The Balaban J connectivity index is 0.886. The van der Waals surface area contributed by atoms with E-state index in [9.17, 15) is 33.1 Å². The van der Waals surface area contributed by atoms with E-state index in [4.69, 9.17) is 0 Å². The number of halogens is 2. The number of para-hydroxylation sites is 1. The molecule has 1 aliphatic carbocycles. The van der Waals surface area contributed by atoms with Crippen LogP contribution < -0.4 is 21.2 Å². The minimum atomic E-state index is -2.90. The number of imidazole rings is 1. The van der Waals surface area contributed by atoms with Gasteiger partial charge in [0, 0.05) is 57.7 Å². The highest BCUT2D eigenvalue weighted by molar-refractivity contribution is 6.08. The predicted molar refractivity (Wildman–Crippen MR) is 197 cm³/mol. The minimum absolute atomic E-state index is 0.0764. The lowest BCUT2D eigenvalue weighted by Crippen LogP contribution is -2.50. The minimum Gasteiger partial charge on any atom is -0.389 e. The van der Waals surface area contributed by atoms with Gasteiger partial charge in [-0.3, -0.25) is 33.5 Å². The summed E-state index contributed by atoms with van der Waals surface area (Å²) in [6.07, 6.45) is 7.10. The van der Waals surface area contributed by atoms with Crippen LogP contribution >= 0.6 is 0 Å². The summed E-state index contributed by atoms with van der Waals surface area (Å²) in [7, 11) is 3.72. The molecule has 0 bridgehead atoms. The van der Waals surface area contributed by atoms with E-state index in [0.29, 0.717) is 43.4 Å². The first-order valence-corrected chi connectivity index (χ1v) is 18.6. The maximum absolute atomic E-state index is 14.1. The Kier molecular flexibility index (Phi) is 9.48. The van der Waals surface area contributed by atoms with Crippen LogP contribution in [0.2, 0.25) is 0 Å². The van der Waals surface area contributed by atoms with Crippen molar-refractivity contribution in [1.82, 2.24) is 43.7 Å². The fourth-order valence-corrected chi connectivity index (χ4v) is 8.63. The van der Waals surface area contributed by atoms with E-state index in [0.717, 1.165) is 37.1 Å². The van der Waals surface area contributed by atoms with Crippen molar-refractivity contribution in [2.45, 2.75) is 81.5 Å². The smallest absolute Gasteiger partial charge is 0.329 e. The number of amides is 3. The second kappa shape index (κ2) is 14.3. The lowest BCUT2D eigenvalue weighted by molar-refractivity contribution is -0.135. The molecule has 1 atom stereocenters. The molecule has 1 aromatic carbocycles. The molecule has 3 N–H and O–H groups in total. The van der Waals surface area contributed by atoms with Crippen LogP contribution in [0.25, 0.3) is 16.7 Å². The van der Waals surface area contributed by atoms with E-state index in [2.05, 4.69) is 35.6 Å². The molecule has 3 aliphatic rings. The Hall–Kier alpha value is -5.49. The molecule has 16 nitrogen and oxygen atoms in total. The van der Waals surface area contributed by atoms with Gasteiger partial charge in [0.25, 0.3) is 12.3 Å². The van der Waals surface area contributed by atoms with E-state index < -0.39 is 35.6 Å². The maximum atomic E-state index is 14.1. The largest absolute Gasteiger partial charge is 0.389 e. The van der Waals surface area contributed by atoms with Crippen molar-refractivity contribution in [1.29, 1.82) is 0 Å². The third-order valence-electron chi connectivity index (χ3n) is 11.6. The number of anilines is 2. The summed E-state index contributed by atoms with van der Waals surface area (Å²) in [5.74, 6) is -1.42. The zero-order chi connectivity index (χ0) is 38.6. The summed E-state index contributed by atoms with van der Waals surface area (Å²) in [6, 6.07) is 6.61. The lowest BCUT2D eigenvalue weighted by atomic mass is 9.81. The van der Waals surface area contributed by atoms with Crippen molar-refractivity contribution in [3.05, 3.63) is 70.8 Å². The Bertz CT molecular complexity index is 2330. The van der Waals surface area contributed by atoms with E-state index in [1.54, 1.807) is 23.9 Å². The Morgan fingerprint density at radius 1 is 1.11 bits per heavy atom. The van der Waals surface area contributed by atoms with Crippen LogP contribution in [0.3, 0.4) is 0 Å². The zero-order valence-electron chi connectivity index (χ0n) is 30.6. The van der Waals surface area contributed by atoms with Gasteiger partial charge in [0.2, 0.25) is 11.8 Å². The van der Waals surface area contributed by atoms with E-state index in [1.165, 1.54) is 32.4 Å². The van der Waals surface area contributed by atoms with E-state index in [1.807, 2.05) is 25.2 Å². The summed E-state index contributed by atoms with van der Waals surface area (Å²) < 4.78 is 34.1. The monoisotopic (exact) mass is 759 g/mol. The van der Waals surface area contributed by atoms with Crippen LogP contribution in [-0.2, 0) is 16.6 Å². The van der Waals surface area contributed by atoms with Crippen molar-refractivity contribution in [2.24, 2.45) is 7.05 Å². The summed E-state index contributed by atoms with van der Waals surface area (Å²) in [4.78, 5) is 59.6. The van der Waals surface area contributed by atoms with Crippen LogP contribution in [0.5, 0.6) is 0 Å². The van der Waals surface area contributed by atoms with E-state index in [-0.39, 0.29) is 47.8 Å². The number of nitrogens with one attached hydrogen (secondary N) is 2. The van der Waals surface area contributed by atoms with Crippen LogP contribution in [0.1, 0.15) is 85.9 Å². The first kappa shape index (κ1) is 36.5. The summed E-state index contributed by atoms with van der Waals surface area (Å²) >= 11 is 0. The number of likely N-dealkylation sites (N-methyl/N-ethyl adjacent to an activating group) is 1. The van der Waals surface area contributed by atoms with Crippen LogP contribution in [0.15, 0.2) is 53.8 Å². The molecule has 1 saturated carbocycles. The molecule has 2 aliphatic heterocycles. The number of aromatic nitrogens is 7. The highest BCUT2D eigenvalue weighted by atomic mass is 19.3. The molecule has 8 rings (SSSR count). The van der Waals surface area contributed by atoms with Gasteiger partial charge in [-0.05, 0) is 70.2 Å². The summed E-state index contributed by atoms with van der Waals surface area (Å²) in [5, 5.41) is 24.9. The quantitative estimate of drug-likeness (QED) is 0.189. The Morgan fingerprint density at radius 3 is 2.60 bits per heavy atom. The third-order valence-corrected chi connectivity index (χ3v) is 11.6. The molecule has 55 heavy (non-hydrogen) atoms. The Labute approximate surface area is 313 Å². The molecule has 3 amide bonds. The van der Waals surface area contributed by atoms with Gasteiger partial charge in [-0.25, -0.2) is 23.1 Å². The topological polar surface area (TPSA) is 177 Å². The van der Waals surface area contributed by atoms with Gasteiger partial charge in [0.15, 0.2) is 11.3 Å². The second-order valence-corrected chi connectivity index (χ2v) is 15.0. The van der Waals surface area contributed by atoms with Gasteiger partial charge in [-0.1, -0.05) is 6.07 Å². The van der Waals surface area contributed by atoms with Crippen molar-refractivity contribution in [3.8, 4) is 0 Å². The number of hydrogen-bond acceptors (Lipinski definition) is 10. The molecular weight excluding hydrogens is 716 g/mol. The summed E-state index contributed by atoms with van der Waals surface area (Å²) in [5.41, 5.74) is 0.895. The van der Waals surface area contributed by atoms with Gasteiger partial charge in [0.05, 0.1) is 40.2 Å². The van der Waals surface area contributed by atoms with Gasteiger partial charge in [-0.15, -0.1) is 0 Å². The molecule has 290 valence electrons. The molecule has 3 fully saturated rings. The molecular formula is C37H43F2N11O5. The first-order valence-electron chi connectivity index (χ1n) is 18.6. The fourth-order valence-electron chi connectivity index (χ4n) is 8.63. The van der Waals surface area contributed by atoms with Crippen molar-refractivity contribution >= 4 is 45.8 Å². The second-order valence-electron chi connectivity index (χ2n) is 15.0. The molecule has 18 heteroatoms. The molecule has 2 saturated heterocycles. The van der Waals surface area contributed by atoms with Gasteiger partial charge >= 0.3 is 5.69 Å². The number of rotatable bonds is 9. The number of aryl methyl sites for hydroxylation is 1. The highest BCUT2D eigenvalue weighted by Crippen LogP contribution is 2.38. The maximum Gasteiger partial charge on any atom is 0.329 e.